The van der Waals surface area contributed by atoms with Crippen molar-refractivity contribution in [3.8, 4) is 51.4 Å². The lowest BCUT2D eigenvalue weighted by Gasteiger charge is -2.40. The van der Waals surface area contributed by atoms with Crippen molar-refractivity contribution in [3.63, 3.8) is 0 Å². The van der Waals surface area contributed by atoms with Crippen molar-refractivity contribution >= 4 is 12.0 Å². The molecule has 230 valence electrons. The molecule has 2 aliphatic heterocycles. The van der Waals surface area contributed by atoms with E-state index in [1.54, 1.807) is 12.1 Å². The predicted molar refractivity (Wildman–Crippen MR) is 152 cm³/mol. The Morgan fingerprint density at radius 3 is 2.36 bits per heavy atom. The first kappa shape index (κ1) is 30.4. The van der Waals surface area contributed by atoms with Gasteiger partial charge in [0.25, 0.3) is 0 Å². The molecule has 6 N–H and O–H groups in total. The molecule has 44 heavy (non-hydrogen) atoms. The molecule has 5 atom stereocenters. The van der Waals surface area contributed by atoms with Gasteiger partial charge in [-0.1, -0.05) is 12.1 Å². The fourth-order valence-corrected chi connectivity index (χ4v) is 4.52. The lowest BCUT2D eigenvalue weighted by atomic mass is 9.99. The summed E-state index contributed by atoms with van der Waals surface area (Å²) >= 11 is 0. The average Bonchev–Trinajstić information content (AvgIpc) is 3.00. The Bertz CT molecular complexity index is 1690. The second-order valence-electron chi connectivity index (χ2n) is 9.87. The summed E-state index contributed by atoms with van der Waals surface area (Å²) in [5.41, 5.74) is 0.455. The molecule has 1 saturated heterocycles. The molecule has 5 rings (SSSR count). The van der Waals surface area contributed by atoms with Crippen molar-refractivity contribution in [2.45, 2.75) is 30.7 Å². The molecule has 0 aromatic heterocycles. The summed E-state index contributed by atoms with van der Waals surface area (Å²) in [4.78, 5) is 24.3. The van der Waals surface area contributed by atoms with Crippen LogP contribution in [0.25, 0.3) is 28.7 Å². The number of aliphatic hydroxyl groups excluding tert-OH is 3. The maximum absolute atomic E-state index is 12.3. The first-order chi connectivity index (χ1) is 21.0. The fourth-order valence-electron chi connectivity index (χ4n) is 4.52. The monoisotopic (exact) mass is 608 g/mol. The Balaban J connectivity index is 1.41. The number of aliphatic hydroxyl groups is 3. The van der Waals surface area contributed by atoms with Gasteiger partial charge < -0.3 is 54.0 Å². The second-order valence-corrected chi connectivity index (χ2v) is 9.87. The largest absolute Gasteiger partial charge is 0.508 e. The molecule has 0 unspecified atom stereocenters. The summed E-state index contributed by atoms with van der Waals surface area (Å²) in [6, 6.07) is 13.7. The van der Waals surface area contributed by atoms with Gasteiger partial charge in [0.15, 0.2) is 28.4 Å². The minimum Gasteiger partial charge on any atom is -0.508 e. The van der Waals surface area contributed by atoms with E-state index in [9.17, 15) is 40.2 Å². The van der Waals surface area contributed by atoms with Crippen LogP contribution in [0.2, 0.25) is 0 Å². The maximum atomic E-state index is 12.3. The zero-order valence-electron chi connectivity index (χ0n) is 23.1. The summed E-state index contributed by atoms with van der Waals surface area (Å²) in [6.07, 6.45) is -5.65. The number of benzene rings is 3. The van der Waals surface area contributed by atoms with Crippen molar-refractivity contribution in [1.29, 1.82) is 0 Å². The van der Waals surface area contributed by atoms with E-state index in [1.165, 1.54) is 49.6 Å². The van der Waals surface area contributed by atoms with Crippen LogP contribution >= 0.6 is 0 Å². The van der Waals surface area contributed by atoms with Gasteiger partial charge in [-0.2, -0.15) is 0 Å². The van der Waals surface area contributed by atoms with E-state index in [1.807, 2.05) is 0 Å². The van der Waals surface area contributed by atoms with Crippen molar-refractivity contribution in [1.82, 2.24) is 0 Å². The van der Waals surface area contributed by atoms with E-state index in [2.05, 4.69) is 0 Å². The highest BCUT2D eigenvalue weighted by Crippen LogP contribution is 2.43. The molecule has 0 saturated carbocycles. The maximum Gasteiger partial charge on any atom is 0.330 e. The van der Waals surface area contributed by atoms with E-state index in [0.29, 0.717) is 11.1 Å². The molecule has 0 spiro atoms. The number of hydrogen-bond donors (Lipinski definition) is 6. The number of rotatable bonds is 8. The normalized spacial score (nSPS) is 21.8. The molecule has 13 nitrogen and oxygen atoms in total. The highest BCUT2D eigenvalue weighted by molar-refractivity contribution is 5.87. The number of phenols is 3. The van der Waals surface area contributed by atoms with Crippen LogP contribution in [0.15, 0.2) is 76.0 Å². The molecule has 3 aliphatic rings. The lowest BCUT2D eigenvalue weighted by molar-refractivity contribution is -0.278. The molecular weight excluding hydrogens is 580 g/mol. The molecular formula is C31H28O13. The van der Waals surface area contributed by atoms with Crippen LogP contribution in [0, 0.1) is 0 Å². The number of ether oxygens (including phenoxy) is 4. The molecule has 1 fully saturated rings. The number of aromatic hydroxyl groups is 3. The summed E-state index contributed by atoms with van der Waals surface area (Å²) in [6.45, 7) is -0.527. The zero-order chi connectivity index (χ0) is 31.5. The first-order valence-corrected chi connectivity index (χ1v) is 13.2. The predicted octanol–water partition coefficient (Wildman–Crippen LogP) is 1.98. The Labute approximate surface area is 249 Å². The fraction of sp³-hybridized carbons (Fsp3) is 0.226. The molecule has 0 amide bonds. The van der Waals surface area contributed by atoms with Gasteiger partial charge in [0.2, 0.25) is 6.29 Å². The van der Waals surface area contributed by atoms with Crippen LogP contribution in [0.1, 0.15) is 5.56 Å². The van der Waals surface area contributed by atoms with E-state index < -0.39 is 54.5 Å². The van der Waals surface area contributed by atoms with Gasteiger partial charge in [0.05, 0.1) is 12.7 Å². The summed E-state index contributed by atoms with van der Waals surface area (Å²) in [5, 5.41) is 61.6. The molecule has 2 aromatic rings. The third-order valence-electron chi connectivity index (χ3n) is 6.85. The summed E-state index contributed by atoms with van der Waals surface area (Å²) in [7, 11) is 1.34. The quantitative estimate of drug-likeness (QED) is 0.125. The molecule has 2 aromatic carbocycles. The molecule has 1 aliphatic carbocycles. The van der Waals surface area contributed by atoms with E-state index >= 15 is 0 Å². The molecule has 0 radical (unpaired) electrons. The third kappa shape index (κ3) is 6.45. The number of fused-ring (bicyclic) bond motifs is 1. The minimum absolute atomic E-state index is 0.00453. The minimum atomic E-state index is -1.79. The van der Waals surface area contributed by atoms with Gasteiger partial charge in [-0.15, -0.1) is 0 Å². The van der Waals surface area contributed by atoms with Crippen molar-refractivity contribution < 1.29 is 58.8 Å². The average molecular weight is 609 g/mol. The Kier molecular flexibility index (Phi) is 8.73. The first-order valence-electron chi connectivity index (χ1n) is 13.2. The highest BCUT2D eigenvalue weighted by Gasteiger charge is 2.46. The van der Waals surface area contributed by atoms with Gasteiger partial charge in [-0.25, -0.2) is 4.79 Å². The van der Waals surface area contributed by atoms with Crippen LogP contribution < -0.4 is 14.9 Å². The zero-order valence-corrected chi connectivity index (χ0v) is 23.1. The molecule has 13 heteroatoms. The number of phenolic OH excluding ortho intramolecular Hbond substituents is 3. The van der Waals surface area contributed by atoms with Gasteiger partial charge in [0.1, 0.15) is 48.3 Å². The summed E-state index contributed by atoms with van der Waals surface area (Å²) < 4.78 is 27.9. The van der Waals surface area contributed by atoms with Gasteiger partial charge in [0, 0.05) is 23.8 Å². The van der Waals surface area contributed by atoms with Crippen molar-refractivity contribution in [3.05, 3.63) is 82.5 Å². The molecule has 0 bridgehead atoms. The van der Waals surface area contributed by atoms with E-state index in [-0.39, 0.29) is 40.1 Å². The van der Waals surface area contributed by atoms with Crippen molar-refractivity contribution in [2.24, 2.45) is 0 Å². The number of carbonyl (C=O) groups is 1. The Morgan fingerprint density at radius 1 is 0.886 bits per heavy atom. The number of hydrogen-bond acceptors (Lipinski definition) is 13. The molecule has 2 heterocycles. The van der Waals surface area contributed by atoms with Crippen LogP contribution in [-0.4, -0.2) is 81.0 Å². The number of carbonyl (C=O) groups excluding carboxylic acids is 1. The van der Waals surface area contributed by atoms with Crippen LogP contribution in [0.5, 0.6) is 28.7 Å². The van der Waals surface area contributed by atoms with E-state index in [0.717, 1.165) is 18.2 Å². The topological polar surface area (TPSA) is 206 Å². The van der Waals surface area contributed by atoms with Crippen LogP contribution in [0.4, 0.5) is 0 Å². The second kappa shape index (κ2) is 12.7. The third-order valence-corrected chi connectivity index (χ3v) is 6.85. The highest BCUT2D eigenvalue weighted by atomic mass is 16.7. The van der Waals surface area contributed by atoms with Crippen LogP contribution in [-0.2, 0) is 14.3 Å². The van der Waals surface area contributed by atoms with Crippen molar-refractivity contribution in [2.75, 3.05) is 13.7 Å². The van der Waals surface area contributed by atoms with E-state index in [4.69, 9.17) is 23.4 Å². The number of esters is 1. The van der Waals surface area contributed by atoms with Crippen LogP contribution in [0.3, 0.4) is 0 Å². The standard InChI is InChI=1S/C31H28O13/c1-40-23-10-16(5-8-20(23)34)30-24(13-19-21(35)11-18(33)12-22(19)42-30)43-31-29(39)28(38)27(37)25(44-31)14-41-26(36)9-4-15-2-6-17(32)7-3-15/h2-13,25,27-29,31-32,34-35,37-39H,14H2,1H3/t25-,27-,28-,29-,31-/m1/s1. The Morgan fingerprint density at radius 2 is 1.64 bits per heavy atom. The summed E-state index contributed by atoms with van der Waals surface area (Å²) in [5.74, 6) is -1.39. The van der Waals surface area contributed by atoms with Gasteiger partial charge in [-0.3, -0.25) is 4.79 Å². The lowest BCUT2D eigenvalue weighted by Crippen LogP contribution is -2.60. The SMILES string of the molecule is COc1cc(-c2oc3cc(=O)cc(O)c-3cc2O[C@@H]2O[C@H](COC(=O)C=Cc3ccc(O)cc3)[C@@H](O)[C@@H](O)[C@H]2O)ccc1O. The Hall–Kier alpha value is -5.08. The number of methoxy groups -OCH3 is 1. The smallest absolute Gasteiger partial charge is 0.330 e. The van der Waals surface area contributed by atoms with Gasteiger partial charge in [-0.05, 0) is 48.0 Å². The van der Waals surface area contributed by atoms with Gasteiger partial charge >= 0.3 is 5.97 Å².